The quantitative estimate of drug-likeness (QED) is 0.574. The lowest BCUT2D eigenvalue weighted by Gasteiger charge is -2.11. The maximum Gasteiger partial charge on any atom is 0.131 e. The van der Waals surface area contributed by atoms with Crippen LogP contribution in [0, 0.1) is 12.7 Å². The lowest BCUT2D eigenvalue weighted by Crippen LogP contribution is -1.90. The molecule has 0 radical (unpaired) electrons. The molecule has 0 aromatic heterocycles. The fraction of sp³-hybridized carbons (Fsp3) is 0.0526. The van der Waals surface area contributed by atoms with E-state index in [9.17, 15) is 4.39 Å². The SMILES string of the molecule is Cc1cc(F)c(-c2ccccc2)cc1-c1ccccc1. The highest BCUT2D eigenvalue weighted by Crippen LogP contribution is 2.31. The van der Waals surface area contributed by atoms with Gasteiger partial charge in [0, 0.05) is 5.56 Å². The summed E-state index contributed by atoms with van der Waals surface area (Å²) in [6.45, 7) is 1.94. The molecule has 3 rings (SSSR count). The molecule has 0 aliphatic heterocycles. The lowest BCUT2D eigenvalue weighted by atomic mass is 9.95. The Morgan fingerprint density at radius 2 is 1.15 bits per heavy atom. The fourth-order valence-corrected chi connectivity index (χ4v) is 2.44. The fourth-order valence-electron chi connectivity index (χ4n) is 2.44. The van der Waals surface area contributed by atoms with Gasteiger partial charge >= 0.3 is 0 Å². The van der Waals surface area contributed by atoms with Gasteiger partial charge < -0.3 is 0 Å². The van der Waals surface area contributed by atoms with Crippen molar-refractivity contribution in [2.24, 2.45) is 0 Å². The standard InChI is InChI=1S/C19H15F/c1-14-12-19(20)18(16-10-6-3-7-11-16)13-17(14)15-8-4-2-5-9-15/h2-13H,1H3. The Labute approximate surface area is 118 Å². The molecule has 0 heterocycles. The second kappa shape index (κ2) is 5.30. The van der Waals surface area contributed by atoms with Crippen LogP contribution in [0.1, 0.15) is 5.56 Å². The number of aryl methyl sites for hydroxylation is 1. The first-order valence-corrected chi connectivity index (χ1v) is 6.67. The third kappa shape index (κ3) is 2.35. The maximum atomic E-state index is 14.2. The van der Waals surface area contributed by atoms with Gasteiger partial charge in [-0.05, 0) is 41.3 Å². The molecule has 0 nitrogen and oxygen atoms in total. The van der Waals surface area contributed by atoms with Crippen molar-refractivity contribution in [1.29, 1.82) is 0 Å². The van der Waals surface area contributed by atoms with Crippen LogP contribution in [0.25, 0.3) is 22.3 Å². The van der Waals surface area contributed by atoms with Crippen molar-refractivity contribution in [2.75, 3.05) is 0 Å². The molecule has 3 aromatic rings. The molecular formula is C19H15F. The topological polar surface area (TPSA) is 0 Å². The number of benzene rings is 3. The first kappa shape index (κ1) is 12.6. The highest BCUT2D eigenvalue weighted by molar-refractivity contribution is 5.75. The van der Waals surface area contributed by atoms with Crippen LogP contribution >= 0.6 is 0 Å². The average Bonchev–Trinajstić information content (AvgIpc) is 2.49. The van der Waals surface area contributed by atoms with Crippen LogP contribution in [0.4, 0.5) is 4.39 Å². The predicted octanol–water partition coefficient (Wildman–Crippen LogP) is 5.47. The average molecular weight is 262 g/mol. The summed E-state index contributed by atoms with van der Waals surface area (Å²) < 4.78 is 14.2. The largest absolute Gasteiger partial charge is 0.206 e. The summed E-state index contributed by atoms with van der Waals surface area (Å²) in [5.74, 6) is -0.173. The van der Waals surface area contributed by atoms with E-state index in [1.54, 1.807) is 6.07 Å². The second-order valence-electron chi connectivity index (χ2n) is 4.88. The monoisotopic (exact) mass is 262 g/mol. The maximum absolute atomic E-state index is 14.2. The third-order valence-electron chi connectivity index (χ3n) is 3.48. The Bertz CT molecular complexity index is 655. The van der Waals surface area contributed by atoms with E-state index in [2.05, 4.69) is 12.1 Å². The smallest absolute Gasteiger partial charge is 0.131 e. The zero-order valence-electron chi connectivity index (χ0n) is 11.3. The highest BCUT2D eigenvalue weighted by Gasteiger charge is 2.10. The molecule has 98 valence electrons. The molecular weight excluding hydrogens is 247 g/mol. The highest BCUT2D eigenvalue weighted by atomic mass is 19.1. The summed E-state index contributed by atoms with van der Waals surface area (Å²) in [6, 6.07) is 23.3. The van der Waals surface area contributed by atoms with Gasteiger partial charge in [0.05, 0.1) is 0 Å². The van der Waals surface area contributed by atoms with Crippen LogP contribution in [0.15, 0.2) is 72.8 Å². The Hall–Kier alpha value is -2.41. The normalized spacial score (nSPS) is 10.5. The van der Waals surface area contributed by atoms with Crippen molar-refractivity contribution >= 4 is 0 Å². The molecule has 0 spiro atoms. The Balaban J connectivity index is 2.19. The third-order valence-corrected chi connectivity index (χ3v) is 3.48. The minimum Gasteiger partial charge on any atom is -0.206 e. The molecule has 0 aliphatic rings. The van der Waals surface area contributed by atoms with Crippen molar-refractivity contribution in [2.45, 2.75) is 6.92 Å². The van der Waals surface area contributed by atoms with E-state index in [1.165, 1.54) is 0 Å². The van der Waals surface area contributed by atoms with E-state index >= 15 is 0 Å². The van der Waals surface area contributed by atoms with E-state index in [4.69, 9.17) is 0 Å². The zero-order valence-corrected chi connectivity index (χ0v) is 11.3. The van der Waals surface area contributed by atoms with E-state index < -0.39 is 0 Å². The number of rotatable bonds is 2. The summed E-state index contributed by atoms with van der Waals surface area (Å²) in [6.07, 6.45) is 0. The van der Waals surface area contributed by atoms with Crippen molar-refractivity contribution in [3.63, 3.8) is 0 Å². The van der Waals surface area contributed by atoms with Gasteiger partial charge in [-0.2, -0.15) is 0 Å². The summed E-state index contributed by atoms with van der Waals surface area (Å²) in [7, 11) is 0. The Morgan fingerprint density at radius 3 is 1.70 bits per heavy atom. The van der Waals surface area contributed by atoms with Crippen LogP contribution < -0.4 is 0 Å². The van der Waals surface area contributed by atoms with Crippen LogP contribution in [0.3, 0.4) is 0 Å². The van der Waals surface area contributed by atoms with Crippen molar-refractivity contribution < 1.29 is 4.39 Å². The number of halogens is 1. The van der Waals surface area contributed by atoms with Gasteiger partial charge in [0.1, 0.15) is 5.82 Å². The first-order valence-electron chi connectivity index (χ1n) is 6.67. The molecule has 0 aliphatic carbocycles. The van der Waals surface area contributed by atoms with E-state index in [0.717, 1.165) is 22.3 Å². The van der Waals surface area contributed by atoms with Gasteiger partial charge in [0.2, 0.25) is 0 Å². The van der Waals surface area contributed by atoms with Crippen LogP contribution in [-0.4, -0.2) is 0 Å². The number of hydrogen-bond acceptors (Lipinski definition) is 0. The molecule has 0 bridgehead atoms. The van der Waals surface area contributed by atoms with Crippen LogP contribution in [0.5, 0.6) is 0 Å². The summed E-state index contributed by atoms with van der Waals surface area (Å²) in [4.78, 5) is 0. The van der Waals surface area contributed by atoms with Crippen LogP contribution in [0.2, 0.25) is 0 Å². The van der Waals surface area contributed by atoms with E-state index in [1.807, 2.05) is 61.5 Å². The Kier molecular flexibility index (Phi) is 3.34. The van der Waals surface area contributed by atoms with Crippen LogP contribution in [-0.2, 0) is 0 Å². The zero-order chi connectivity index (χ0) is 13.9. The van der Waals surface area contributed by atoms with Gasteiger partial charge in [0.25, 0.3) is 0 Å². The number of hydrogen-bond donors (Lipinski definition) is 0. The molecule has 3 aromatic carbocycles. The van der Waals surface area contributed by atoms with Gasteiger partial charge in [0.15, 0.2) is 0 Å². The molecule has 0 amide bonds. The predicted molar refractivity (Wildman–Crippen MR) is 82.0 cm³/mol. The van der Waals surface area contributed by atoms with Gasteiger partial charge in [-0.15, -0.1) is 0 Å². The van der Waals surface area contributed by atoms with E-state index in [-0.39, 0.29) is 5.82 Å². The molecule has 0 saturated heterocycles. The molecule has 0 atom stereocenters. The Morgan fingerprint density at radius 1 is 0.650 bits per heavy atom. The van der Waals surface area contributed by atoms with Crippen molar-refractivity contribution in [3.05, 3.63) is 84.2 Å². The lowest BCUT2D eigenvalue weighted by molar-refractivity contribution is 0.630. The molecule has 0 N–H and O–H groups in total. The first-order chi connectivity index (χ1) is 9.75. The van der Waals surface area contributed by atoms with Gasteiger partial charge in [-0.25, -0.2) is 4.39 Å². The molecule has 1 heteroatoms. The summed E-state index contributed by atoms with van der Waals surface area (Å²) in [5.41, 5.74) is 4.69. The molecule has 0 unspecified atom stereocenters. The molecule has 0 fully saturated rings. The van der Waals surface area contributed by atoms with Crippen molar-refractivity contribution in [1.82, 2.24) is 0 Å². The van der Waals surface area contributed by atoms with E-state index in [0.29, 0.717) is 5.56 Å². The van der Waals surface area contributed by atoms with Crippen molar-refractivity contribution in [3.8, 4) is 22.3 Å². The minimum atomic E-state index is -0.173. The molecule has 0 saturated carbocycles. The summed E-state index contributed by atoms with van der Waals surface area (Å²) >= 11 is 0. The minimum absolute atomic E-state index is 0.173. The van der Waals surface area contributed by atoms with Gasteiger partial charge in [-0.3, -0.25) is 0 Å². The summed E-state index contributed by atoms with van der Waals surface area (Å²) in [5, 5.41) is 0. The molecule has 20 heavy (non-hydrogen) atoms. The second-order valence-corrected chi connectivity index (χ2v) is 4.88. The van der Waals surface area contributed by atoms with Gasteiger partial charge in [-0.1, -0.05) is 60.7 Å².